The number of methoxy groups -OCH3 is 1. The maximum Gasteiger partial charge on any atom is 0.311 e. The van der Waals surface area contributed by atoms with Crippen molar-refractivity contribution < 1.29 is 24.6 Å². The number of fused-ring (bicyclic) bond motifs is 7. The zero-order valence-electron chi connectivity index (χ0n) is 24.1. The van der Waals surface area contributed by atoms with Crippen LogP contribution >= 0.6 is 0 Å². The Morgan fingerprint density at radius 3 is 2.30 bits per heavy atom. The van der Waals surface area contributed by atoms with Crippen molar-refractivity contribution >= 4 is 17.5 Å². The fourth-order valence-corrected chi connectivity index (χ4v) is 10.7. The zero-order valence-corrected chi connectivity index (χ0v) is 24.1. The summed E-state index contributed by atoms with van der Waals surface area (Å²) in [7, 11) is 1.48. The summed E-state index contributed by atoms with van der Waals surface area (Å²) in [5.41, 5.74) is -0.0971. The minimum Gasteiger partial charge on any atom is -0.469 e. The molecule has 6 heteroatoms. The van der Waals surface area contributed by atoms with Crippen molar-refractivity contribution in [2.75, 3.05) is 7.11 Å². The Bertz CT molecular complexity index is 1090. The van der Waals surface area contributed by atoms with E-state index in [9.17, 15) is 19.9 Å². The molecule has 0 radical (unpaired) electrons. The summed E-state index contributed by atoms with van der Waals surface area (Å²) in [5, 5.41) is 24.4. The lowest BCUT2D eigenvalue weighted by atomic mass is 9.33. The molecule has 5 aliphatic rings. The highest BCUT2D eigenvalue weighted by Crippen LogP contribution is 2.75. The maximum absolute atomic E-state index is 14.4. The average Bonchev–Trinajstić information content (AvgIpc) is 2.83. The van der Waals surface area contributed by atoms with Gasteiger partial charge in [-0.2, -0.15) is 0 Å². The number of nitrogens with zero attached hydrogens (tertiary/aromatic N) is 1. The predicted octanol–water partition coefficient (Wildman–Crippen LogP) is 5.94. The van der Waals surface area contributed by atoms with Crippen molar-refractivity contribution in [1.29, 1.82) is 0 Å². The largest absolute Gasteiger partial charge is 0.469 e. The average molecular weight is 514 g/mol. The molecule has 0 spiro atoms. The Balaban J connectivity index is 1.63. The van der Waals surface area contributed by atoms with Crippen molar-refractivity contribution in [3.05, 3.63) is 11.6 Å². The van der Waals surface area contributed by atoms with Crippen LogP contribution in [0, 0.1) is 50.2 Å². The van der Waals surface area contributed by atoms with Crippen molar-refractivity contribution in [2.45, 2.75) is 106 Å². The monoisotopic (exact) mass is 513 g/mol. The van der Waals surface area contributed by atoms with Crippen LogP contribution in [0.4, 0.5) is 0 Å². The van der Waals surface area contributed by atoms with Gasteiger partial charge < -0.3 is 15.1 Å². The highest BCUT2D eigenvalue weighted by atomic mass is 16.5. The summed E-state index contributed by atoms with van der Waals surface area (Å²) in [5.74, 6) is 0.153. The van der Waals surface area contributed by atoms with E-state index in [4.69, 9.17) is 4.74 Å². The third-order valence-corrected chi connectivity index (χ3v) is 13.1. The van der Waals surface area contributed by atoms with E-state index in [1.807, 2.05) is 13.0 Å². The van der Waals surface area contributed by atoms with E-state index in [1.165, 1.54) is 12.7 Å². The zero-order chi connectivity index (χ0) is 27.4. The van der Waals surface area contributed by atoms with E-state index in [-0.39, 0.29) is 45.8 Å². The molecular weight excluding hydrogens is 466 g/mol. The molecule has 0 saturated heterocycles. The van der Waals surface area contributed by atoms with Gasteiger partial charge >= 0.3 is 5.97 Å². The molecule has 2 N–H and O–H groups in total. The molecule has 0 amide bonds. The highest BCUT2D eigenvalue weighted by molar-refractivity contribution is 5.97. The van der Waals surface area contributed by atoms with Crippen LogP contribution in [0.1, 0.15) is 99.8 Å². The molecule has 206 valence electrons. The van der Waals surface area contributed by atoms with Gasteiger partial charge in [-0.1, -0.05) is 52.3 Å². The number of hydrogen-bond acceptors (Lipinski definition) is 6. The Labute approximate surface area is 222 Å². The lowest BCUT2D eigenvalue weighted by molar-refractivity contribution is -0.185. The van der Waals surface area contributed by atoms with Gasteiger partial charge in [0.2, 0.25) is 0 Å². The normalized spacial score (nSPS) is 51.8. The van der Waals surface area contributed by atoms with Gasteiger partial charge in [-0.25, -0.2) is 0 Å². The second kappa shape index (κ2) is 7.92. The summed E-state index contributed by atoms with van der Waals surface area (Å²) in [6, 6.07) is 0. The standard InChI is InChI=1S/C31H47NO5/c1-26(2)22-9-10-31(7)23(29(22,5)17-20(32-36)24(26)34)21(33)15-18-19-16-28(4,25(35)37-8)12-11-27(19,3)13-14-30(18,31)6/h15,19,22-24,34,36H,9-14,16-17H2,1-8H3/b32-20+/t19-,22-,23+,24-,27+,28-,29-,30+,31+/m0/s1. The number of aliphatic hydroxyl groups is 1. The smallest absolute Gasteiger partial charge is 0.311 e. The lowest BCUT2D eigenvalue weighted by Crippen LogP contribution is -2.68. The Morgan fingerprint density at radius 2 is 1.68 bits per heavy atom. The minimum absolute atomic E-state index is 0.0805. The van der Waals surface area contributed by atoms with Crippen molar-refractivity contribution in [2.24, 2.45) is 55.4 Å². The molecule has 9 atom stereocenters. The first-order valence-corrected chi connectivity index (χ1v) is 14.3. The fraction of sp³-hybridized carbons (Fsp3) is 0.839. The minimum atomic E-state index is -0.811. The molecule has 0 aromatic rings. The van der Waals surface area contributed by atoms with Gasteiger partial charge in [0.1, 0.15) is 6.10 Å². The molecular formula is C31H47NO5. The van der Waals surface area contributed by atoms with Crippen LogP contribution in [-0.2, 0) is 14.3 Å². The summed E-state index contributed by atoms with van der Waals surface area (Å²) in [6.45, 7) is 15.5. The van der Waals surface area contributed by atoms with E-state index in [0.717, 1.165) is 44.9 Å². The van der Waals surface area contributed by atoms with E-state index in [1.54, 1.807) is 0 Å². The number of carbonyl (C=O) groups excluding carboxylic acids is 2. The summed E-state index contributed by atoms with van der Waals surface area (Å²) >= 11 is 0. The third-order valence-electron chi connectivity index (χ3n) is 13.1. The molecule has 6 nitrogen and oxygen atoms in total. The second-order valence-electron chi connectivity index (χ2n) is 15.2. The van der Waals surface area contributed by atoms with E-state index < -0.39 is 22.3 Å². The highest BCUT2D eigenvalue weighted by Gasteiger charge is 2.71. The number of allylic oxidation sites excluding steroid dienone is 2. The molecule has 5 aliphatic carbocycles. The maximum atomic E-state index is 14.4. The Kier molecular flexibility index (Phi) is 5.76. The Morgan fingerprint density at radius 1 is 1.03 bits per heavy atom. The van der Waals surface area contributed by atoms with E-state index in [2.05, 4.69) is 46.7 Å². The summed E-state index contributed by atoms with van der Waals surface area (Å²) < 4.78 is 5.24. The number of aliphatic hydroxyl groups excluding tert-OH is 1. The molecule has 4 fully saturated rings. The fourth-order valence-electron chi connectivity index (χ4n) is 10.7. The van der Waals surface area contributed by atoms with E-state index >= 15 is 0 Å². The first kappa shape index (κ1) is 26.9. The van der Waals surface area contributed by atoms with Gasteiger partial charge in [0, 0.05) is 5.92 Å². The van der Waals surface area contributed by atoms with Gasteiger partial charge in [0.05, 0.1) is 18.2 Å². The molecule has 0 aromatic carbocycles. The lowest BCUT2D eigenvalue weighted by Gasteiger charge is -2.70. The summed E-state index contributed by atoms with van der Waals surface area (Å²) in [6.07, 6.45) is 8.12. The van der Waals surface area contributed by atoms with Crippen LogP contribution < -0.4 is 0 Å². The number of ketones is 1. The topological polar surface area (TPSA) is 96.2 Å². The molecule has 4 saturated carbocycles. The van der Waals surface area contributed by atoms with Crippen LogP contribution in [0.2, 0.25) is 0 Å². The third kappa shape index (κ3) is 3.23. The molecule has 37 heavy (non-hydrogen) atoms. The molecule has 0 aromatic heterocycles. The number of ether oxygens (including phenoxy) is 1. The van der Waals surface area contributed by atoms with Gasteiger partial charge in [0.15, 0.2) is 5.78 Å². The molecule has 5 rings (SSSR count). The summed E-state index contributed by atoms with van der Waals surface area (Å²) in [4.78, 5) is 27.2. The first-order valence-electron chi connectivity index (χ1n) is 14.3. The van der Waals surface area contributed by atoms with E-state index in [0.29, 0.717) is 12.1 Å². The quantitative estimate of drug-likeness (QED) is 0.257. The predicted molar refractivity (Wildman–Crippen MR) is 142 cm³/mol. The molecule has 0 bridgehead atoms. The first-order chi connectivity index (χ1) is 17.0. The van der Waals surface area contributed by atoms with Crippen LogP contribution in [0.25, 0.3) is 0 Å². The molecule has 0 unspecified atom stereocenters. The molecule has 0 aliphatic heterocycles. The van der Waals surface area contributed by atoms with Crippen LogP contribution in [0.5, 0.6) is 0 Å². The van der Waals surface area contributed by atoms with Crippen molar-refractivity contribution in [3.63, 3.8) is 0 Å². The number of rotatable bonds is 1. The van der Waals surface area contributed by atoms with Crippen LogP contribution in [0.3, 0.4) is 0 Å². The molecule has 0 heterocycles. The van der Waals surface area contributed by atoms with Crippen molar-refractivity contribution in [3.8, 4) is 0 Å². The van der Waals surface area contributed by atoms with Gasteiger partial charge in [-0.3, -0.25) is 9.59 Å². The number of carbonyl (C=O) groups is 2. The van der Waals surface area contributed by atoms with Gasteiger partial charge in [0.25, 0.3) is 0 Å². The number of esters is 1. The van der Waals surface area contributed by atoms with Crippen LogP contribution in [-0.4, -0.2) is 41.0 Å². The van der Waals surface area contributed by atoms with Crippen molar-refractivity contribution in [1.82, 2.24) is 0 Å². The number of oxime groups is 1. The second-order valence-corrected chi connectivity index (χ2v) is 15.2. The van der Waals surface area contributed by atoms with Gasteiger partial charge in [-0.15, -0.1) is 0 Å². The Hall–Kier alpha value is -1.69. The SMILES string of the molecule is COC(=O)[C@@]1(C)CC[C@]2(C)CC[C@]3(C)C(=CC(=O)[C@@H]4[C@@]5(C)C/C(=N\O)[C@H](O)C(C)(C)[C@@H]5CC[C@]43C)[C@@H]2C1. The van der Waals surface area contributed by atoms with Gasteiger partial charge in [-0.05, 0) is 103 Å². The number of hydrogen-bond donors (Lipinski definition) is 2. The van der Waals surface area contributed by atoms with Crippen LogP contribution in [0.15, 0.2) is 16.8 Å².